The van der Waals surface area contributed by atoms with Crippen LogP contribution in [0.15, 0.2) is 18.2 Å². The van der Waals surface area contributed by atoms with Crippen LogP contribution in [0.25, 0.3) is 0 Å². The van der Waals surface area contributed by atoms with Gasteiger partial charge in [-0.3, -0.25) is 4.90 Å². The lowest BCUT2D eigenvalue weighted by Gasteiger charge is -2.40. The van der Waals surface area contributed by atoms with E-state index in [1.165, 1.54) is 0 Å². The molecule has 0 spiro atoms. The molecule has 0 bridgehead atoms. The van der Waals surface area contributed by atoms with Crippen LogP contribution in [0.4, 0.5) is 0 Å². The first-order chi connectivity index (χ1) is 9.67. The van der Waals surface area contributed by atoms with Gasteiger partial charge in [0.05, 0.1) is 24.8 Å². The van der Waals surface area contributed by atoms with Crippen molar-refractivity contribution in [3.8, 4) is 5.75 Å². The van der Waals surface area contributed by atoms with Gasteiger partial charge in [-0.25, -0.2) is 0 Å². The van der Waals surface area contributed by atoms with Crippen molar-refractivity contribution in [3.63, 3.8) is 0 Å². The van der Waals surface area contributed by atoms with Crippen LogP contribution in [0.2, 0.25) is 5.02 Å². The van der Waals surface area contributed by atoms with Gasteiger partial charge in [-0.05, 0) is 37.1 Å². The molecule has 0 amide bonds. The molecule has 0 aliphatic carbocycles. The minimum atomic E-state index is 0.130. The normalized spacial score (nSPS) is 23.8. The molecule has 20 heavy (non-hydrogen) atoms. The van der Waals surface area contributed by atoms with Crippen LogP contribution in [0.1, 0.15) is 24.4 Å². The number of hydrogen-bond donors (Lipinski definition) is 1. The third-order valence-corrected chi connectivity index (χ3v) is 4.18. The predicted octanol–water partition coefficient (Wildman–Crippen LogP) is 2.46. The van der Waals surface area contributed by atoms with E-state index >= 15 is 0 Å². The first-order valence-corrected chi connectivity index (χ1v) is 7.37. The Morgan fingerprint density at radius 3 is 2.85 bits per heavy atom. The number of methoxy groups -OCH3 is 2. The highest BCUT2D eigenvalue weighted by Gasteiger charge is 2.30. The van der Waals surface area contributed by atoms with Crippen LogP contribution < -0.4 is 10.5 Å². The zero-order chi connectivity index (χ0) is 14.5. The summed E-state index contributed by atoms with van der Waals surface area (Å²) in [5.41, 5.74) is 7.49. The van der Waals surface area contributed by atoms with Gasteiger partial charge in [0, 0.05) is 19.7 Å². The Morgan fingerprint density at radius 2 is 2.20 bits per heavy atom. The molecule has 2 rings (SSSR count). The molecule has 112 valence electrons. The molecule has 1 saturated heterocycles. The number of nitrogens with two attached hydrogens (primary N) is 1. The first-order valence-electron chi connectivity index (χ1n) is 6.99. The number of halogens is 1. The van der Waals surface area contributed by atoms with Gasteiger partial charge in [0.25, 0.3) is 0 Å². The van der Waals surface area contributed by atoms with Crippen LogP contribution in [0.5, 0.6) is 5.75 Å². The smallest absolute Gasteiger partial charge is 0.137 e. The molecule has 1 aromatic rings. The Hall–Kier alpha value is -0.810. The van der Waals surface area contributed by atoms with Crippen LogP contribution in [0.3, 0.4) is 0 Å². The van der Waals surface area contributed by atoms with E-state index in [1.807, 2.05) is 12.1 Å². The Morgan fingerprint density at radius 1 is 1.40 bits per heavy atom. The molecule has 2 unspecified atom stereocenters. The first kappa shape index (κ1) is 15.6. The minimum Gasteiger partial charge on any atom is -0.495 e. The van der Waals surface area contributed by atoms with Crippen molar-refractivity contribution in [1.82, 2.24) is 4.90 Å². The molecular weight excluding hydrogens is 276 g/mol. The van der Waals surface area contributed by atoms with Crippen molar-refractivity contribution in [3.05, 3.63) is 28.8 Å². The fraction of sp³-hybridized carbons (Fsp3) is 0.600. The van der Waals surface area contributed by atoms with Gasteiger partial charge in [-0.1, -0.05) is 17.7 Å². The van der Waals surface area contributed by atoms with Gasteiger partial charge >= 0.3 is 0 Å². The van der Waals surface area contributed by atoms with Crippen molar-refractivity contribution in [2.75, 3.05) is 33.9 Å². The molecule has 1 aromatic carbocycles. The molecule has 1 aliphatic heterocycles. The van der Waals surface area contributed by atoms with Crippen molar-refractivity contribution < 1.29 is 9.47 Å². The van der Waals surface area contributed by atoms with Gasteiger partial charge in [0.2, 0.25) is 0 Å². The number of benzene rings is 1. The Bertz CT molecular complexity index is 442. The summed E-state index contributed by atoms with van der Waals surface area (Å²) in [7, 11) is 3.35. The van der Waals surface area contributed by atoms with Crippen molar-refractivity contribution in [2.45, 2.75) is 24.9 Å². The molecule has 1 heterocycles. The van der Waals surface area contributed by atoms with E-state index in [1.54, 1.807) is 14.2 Å². The summed E-state index contributed by atoms with van der Waals surface area (Å²) < 4.78 is 10.4. The molecule has 2 N–H and O–H groups in total. The zero-order valence-electron chi connectivity index (χ0n) is 12.1. The lowest BCUT2D eigenvalue weighted by molar-refractivity contribution is 0.0848. The monoisotopic (exact) mass is 298 g/mol. The van der Waals surface area contributed by atoms with Gasteiger partial charge in [0.15, 0.2) is 0 Å². The largest absolute Gasteiger partial charge is 0.495 e. The second-order valence-corrected chi connectivity index (χ2v) is 5.58. The maximum atomic E-state index is 6.34. The van der Waals surface area contributed by atoms with Gasteiger partial charge in [0.1, 0.15) is 5.75 Å². The molecule has 4 nitrogen and oxygen atoms in total. The zero-order valence-corrected chi connectivity index (χ0v) is 12.9. The fourth-order valence-electron chi connectivity index (χ4n) is 2.88. The summed E-state index contributed by atoms with van der Waals surface area (Å²) in [6, 6.07) is 6.26. The predicted molar refractivity (Wildman–Crippen MR) is 81.4 cm³/mol. The summed E-state index contributed by atoms with van der Waals surface area (Å²) in [5, 5.41) is 0.634. The second-order valence-electron chi connectivity index (χ2n) is 5.17. The molecule has 0 aromatic heterocycles. The van der Waals surface area contributed by atoms with Crippen LogP contribution in [0, 0.1) is 0 Å². The number of rotatable bonds is 5. The number of nitrogens with zero attached hydrogens (tertiary/aromatic N) is 1. The molecule has 5 heteroatoms. The van der Waals surface area contributed by atoms with E-state index in [4.69, 9.17) is 26.8 Å². The average Bonchev–Trinajstić information content (AvgIpc) is 2.45. The Labute approximate surface area is 125 Å². The van der Waals surface area contributed by atoms with E-state index in [-0.39, 0.29) is 12.1 Å². The summed E-state index contributed by atoms with van der Waals surface area (Å²) in [6.07, 6.45) is 2.17. The van der Waals surface area contributed by atoms with Crippen molar-refractivity contribution >= 4 is 11.6 Å². The molecule has 1 aliphatic rings. The maximum Gasteiger partial charge on any atom is 0.137 e. The van der Waals surface area contributed by atoms with E-state index in [0.29, 0.717) is 17.4 Å². The van der Waals surface area contributed by atoms with Gasteiger partial charge < -0.3 is 15.2 Å². The lowest BCUT2D eigenvalue weighted by atomic mass is 9.91. The third kappa shape index (κ3) is 3.44. The topological polar surface area (TPSA) is 47.7 Å². The summed E-state index contributed by atoms with van der Waals surface area (Å²) in [5.74, 6) is 0.697. The number of hydrogen-bond acceptors (Lipinski definition) is 4. The summed E-state index contributed by atoms with van der Waals surface area (Å²) in [4.78, 5) is 2.38. The molecule has 0 radical (unpaired) electrons. The summed E-state index contributed by atoms with van der Waals surface area (Å²) >= 11 is 6.24. The fourth-order valence-corrected chi connectivity index (χ4v) is 3.15. The van der Waals surface area contributed by atoms with Crippen LogP contribution in [-0.4, -0.2) is 44.9 Å². The Balaban J connectivity index is 2.22. The number of likely N-dealkylation sites (tertiary alicyclic amines) is 1. The van der Waals surface area contributed by atoms with Gasteiger partial charge in [-0.2, -0.15) is 0 Å². The van der Waals surface area contributed by atoms with E-state index < -0.39 is 0 Å². The SMILES string of the molecule is COCCN1CCCC(N)C1c1ccc(OC)c(Cl)c1. The van der Waals surface area contributed by atoms with E-state index in [2.05, 4.69) is 11.0 Å². The quantitative estimate of drug-likeness (QED) is 0.907. The minimum absolute atomic E-state index is 0.130. The van der Waals surface area contributed by atoms with Gasteiger partial charge in [-0.15, -0.1) is 0 Å². The molecule has 2 atom stereocenters. The van der Waals surface area contributed by atoms with Crippen molar-refractivity contribution in [2.24, 2.45) is 5.73 Å². The Kier molecular flexibility index (Phi) is 5.66. The van der Waals surface area contributed by atoms with E-state index in [0.717, 1.165) is 31.5 Å². The molecule has 0 saturated carbocycles. The average molecular weight is 299 g/mol. The van der Waals surface area contributed by atoms with Crippen molar-refractivity contribution in [1.29, 1.82) is 0 Å². The standard InChI is InChI=1S/C15H23ClN2O2/c1-19-9-8-18-7-3-4-13(17)15(18)11-5-6-14(20-2)12(16)10-11/h5-6,10,13,15H,3-4,7-9,17H2,1-2H3. The highest BCUT2D eigenvalue weighted by atomic mass is 35.5. The molecule has 1 fully saturated rings. The maximum absolute atomic E-state index is 6.34. The second kappa shape index (κ2) is 7.27. The number of piperidine rings is 1. The third-order valence-electron chi connectivity index (χ3n) is 3.88. The molecular formula is C15H23ClN2O2. The van der Waals surface area contributed by atoms with Crippen LogP contribution in [-0.2, 0) is 4.74 Å². The summed E-state index contributed by atoms with van der Waals surface area (Å²) in [6.45, 7) is 2.65. The van der Waals surface area contributed by atoms with E-state index in [9.17, 15) is 0 Å². The lowest BCUT2D eigenvalue weighted by Crippen LogP contribution is -2.46. The highest BCUT2D eigenvalue weighted by Crippen LogP contribution is 2.34. The number of ether oxygens (including phenoxy) is 2. The highest BCUT2D eigenvalue weighted by molar-refractivity contribution is 6.32. The van der Waals surface area contributed by atoms with Crippen LogP contribution >= 0.6 is 11.6 Å².